The zero-order valence-corrected chi connectivity index (χ0v) is 18.1. The monoisotopic (exact) mass is 408 g/mol. The van der Waals surface area contributed by atoms with Gasteiger partial charge >= 0.3 is 0 Å². The largest absolute Gasteiger partial charge is 0.489 e. The molecule has 1 fully saturated rings. The molecule has 2 aromatic carbocycles. The van der Waals surface area contributed by atoms with Crippen molar-refractivity contribution in [3.8, 4) is 5.75 Å². The lowest BCUT2D eigenvalue weighted by Gasteiger charge is -2.20. The minimum atomic E-state index is -0.00110. The molecule has 1 unspecified atom stereocenters. The van der Waals surface area contributed by atoms with Crippen LogP contribution in [0.25, 0.3) is 0 Å². The maximum Gasteiger partial charge on any atom is 0.222 e. The highest BCUT2D eigenvalue weighted by molar-refractivity contribution is 5.79. The number of nitrogens with zero attached hydrogens (tertiary/aromatic N) is 2. The van der Waals surface area contributed by atoms with Gasteiger partial charge in [0.25, 0.3) is 0 Å². The van der Waals surface area contributed by atoms with E-state index in [1.807, 2.05) is 42.2 Å². The van der Waals surface area contributed by atoms with Gasteiger partial charge in [0.05, 0.1) is 6.54 Å². The van der Waals surface area contributed by atoms with Crippen LogP contribution in [0.4, 0.5) is 0 Å². The van der Waals surface area contributed by atoms with E-state index in [1.54, 1.807) is 7.05 Å². The summed E-state index contributed by atoms with van der Waals surface area (Å²) >= 11 is 0. The number of carbonyl (C=O) groups is 1. The maximum atomic E-state index is 12.0. The van der Waals surface area contributed by atoms with Gasteiger partial charge in [0.15, 0.2) is 5.96 Å². The molecule has 1 atom stereocenters. The Hall–Kier alpha value is -3.02. The standard InChI is InChI=1S/C24H32N4O2/c1-18-8-6-11-22(14-18)30-19(2)15-26-24(25-3)27-16-20-9-4-5-10-21(20)17-28-13-7-12-23(28)29/h4-6,8-11,14,19H,7,12-13,15-17H2,1-3H3,(H2,25,26,27). The molecule has 0 aliphatic carbocycles. The van der Waals surface area contributed by atoms with Crippen LogP contribution >= 0.6 is 0 Å². The van der Waals surface area contributed by atoms with Crippen molar-refractivity contribution in [1.82, 2.24) is 15.5 Å². The summed E-state index contributed by atoms with van der Waals surface area (Å²) in [4.78, 5) is 18.2. The van der Waals surface area contributed by atoms with Crippen molar-refractivity contribution in [2.75, 3.05) is 20.1 Å². The van der Waals surface area contributed by atoms with E-state index < -0.39 is 0 Å². The van der Waals surface area contributed by atoms with Crippen LogP contribution in [-0.2, 0) is 17.9 Å². The molecule has 0 aromatic heterocycles. The van der Waals surface area contributed by atoms with Gasteiger partial charge in [-0.15, -0.1) is 0 Å². The molecule has 160 valence electrons. The average Bonchev–Trinajstić information content (AvgIpc) is 3.13. The number of aryl methyl sites for hydroxylation is 1. The van der Waals surface area contributed by atoms with E-state index in [9.17, 15) is 4.79 Å². The minimum absolute atomic E-state index is 0.00110. The molecule has 1 amide bonds. The minimum Gasteiger partial charge on any atom is -0.489 e. The van der Waals surface area contributed by atoms with Crippen LogP contribution in [0.3, 0.4) is 0 Å². The molecule has 1 saturated heterocycles. The number of ether oxygens (including phenoxy) is 1. The van der Waals surface area contributed by atoms with Gasteiger partial charge in [0, 0.05) is 33.1 Å². The summed E-state index contributed by atoms with van der Waals surface area (Å²) in [7, 11) is 1.76. The Labute approximate surface area is 179 Å². The predicted molar refractivity (Wildman–Crippen MR) is 121 cm³/mol. The van der Waals surface area contributed by atoms with Crippen molar-refractivity contribution in [3.05, 3.63) is 65.2 Å². The molecule has 0 spiro atoms. The lowest BCUT2D eigenvalue weighted by molar-refractivity contribution is -0.128. The Bertz CT molecular complexity index is 881. The number of hydrogen-bond acceptors (Lipinski definition) is 3. The predicted octanol–water partition coefficient (Wildman–Crippen LogP) is 3.25. The Morgan fingerprint density at radius 1 is 1.17 bits per heavy atom. The Morgan fingerprint density at radius 3 is 2.67 bits per heavy atom. The second kappa shape index (κ2) is 10.7. The third-order valence-electron chi connectivity index (χ3n) is 5.20. The van der Waals surface area contributed by atoms with Crippen molar-refractivity contribution in [2.45, 2.75) is 45.9 Å². The Morgan fingerprint density at radius 2 is 1.97 bits per heavy atom. The zero-order chi connectivity index (χ0) is 21.3. The number of carbonyl (C=O) groups excluding carboxylic acids is 1. The topological polar surface area (TPSA) is 66.0 Å². The molecule has 0 bridgehead atoms. The zero-order valence-electron chi connectivity index (χ0n) is 18.1. The number of nitrogens with one attached hydrogen (secondary N) is 2. The van der Waals surface area contributed by atoms with Crippen molar-refractivity contribution in [2.24, 2.45) is 4.99 Å². The first-order chi connectivity index (χ1) is 14.5. The van der Waals surface area contributed by atoms with Crippen LogP contribution in [0.15, 0.2) is 53.5 Å². The van der Waals surface area contributed by atoms with E-state index in [0.717, 1.165) is 24.7 Å². The average molecular weight is 409 g/mol. The number of guanidine groups is 1. The highest BCUT2D eigenvalue weighted by Crippen LogP contribution is 2.17. The molecule has 6 heteroatoms. The Kier molecular flexibility index (Phi) is 7.71. The number of amides is 1. The van der Waals surface area contributed by atoms with E-state index in [4.69, 9.17) is 4.74 Å². The van der Waals surface area contributed by atoms with Crippen molar-refractivity contribution in [1.29, 1.82) is 0 Å². The summed E-state index contributed by atoms with van der Waals surface area (Å²) in [6, 6.07) is 16.3. The molecule has 3 rings (SSSR count). The number of rotatable bonds is 8. The fraction of sp³-hybridized carbons (Fsp3) is 0.417. The van der Waals surface area contributed by atoms with Crippen LogP contribution in [0.5, 0.6) is 5.75 Å². The van der Waals surface area contributed by atoms with E-state index in [0.29, 0.717) is 26.1 Å². The maximum absolute atomic E-state index is 12.0. The molecular formula is C24H32N4O2. The number of benzene rings is 2. The smallest absolute Gasteiger partial charge is 0.222 e. The van der Waals surface area contributed by atoms with Crippen molar-refractivity contribution < 1.29 is 9.53 Å². The van der Waals surface area contributed by atoms with Gasteiger partial charge in [-0.25, -0.2) is 0 Å². The summed E-state index contributed by atoms with van der Waals surface area (Å²) in [6.45, 7) is 6.89. The van der Waals surface area contributed by atoms with Gasteiger partial charge in [-0.05, 0) is 49.1 Å². The van der Waals surface area contributed by atoms with Crippen LogP contribution in [-0.4, -0.2) is 43.0 Å². The van der Waals surface area contributed by atoms with E-state index in [-0.39, 0.29) is 12.0 Å². The van der Waals surface area contributed by atoms with Crippen molar-refractivity contribution >= 4 is 11.9 Å². The summed E-state index contributed by atoms with van der Waals surface area (Å²) in [5, 5.41) is 6.69. The molecule has 0 radical (unpaired) electrons. The molecule has 0 saturated carbocycles. The quantitative estimate of drug-likeness (QED) is 0.520. The lowest BCUT2D eigenvalue weighted by atomic mass is 10.1. The number of likely N-dealkylation sites (tertiary alicyclic amines) is 1. The highest BCUT2D eigenvalue weighted by Gasteiger charge is 2.20. The van der Waals surface area contributed by atoms with Gasteiger partial charge in [-0.2, -0.15) is 0 Å². The first-order valence-electron chi connectivity index (χ1n) is 10.6. The van der Waals surface area contributed by atoms with Crippen LogP contribution in [0.1, 0.15) is 36.5 Å². The normalized spacial score (nSPS) is 15.2. The number of hydrogen-bond donors (Lipinski definition) is 2. The van der Waals surface area contributed by atoms with E-state index >= 15 is 0 Å². The second-order valence-electron chi connectivity index (χ2n) is 7.74. The van der Waals surface area contributed by atoms with Crippen LogP contribution in [0, 0.1) is 6.92 Å². The molecule has 2 N–H and O–H groups in total. The third-order valence-corrected chi connectivity index (χ3v) is 5.20. The molecule has 1 aliphatic heterocycles. The lowest BCUT2D eigenvalue weighted by Crippen LogP contribution is -2.41. The van der Waals surface area contributed by atoms with Crippen molar-refractivity contribution in [3.63, 3.8) is 0 Å². The molecule has 30 heavy (non-hydrogen) atoms. The summed E-state index contributed by atoms with van der Waals surface area (Å²) in [5.74, 6) is 1.84. The van der Waals surface area contributed by atoms with E-state index in [1.165, 1.54) is 16.7 Å². The van der Waals surface area contributed by atoms with Gasteiger partial charge in [0.2, 0.25) is 5.91 Å². The molecular weight excluding hydrogens is 376 g/mol. The number of aliphatic imine (C=N–C) groups is 1. The molecule has 6 nitrogen and oxygen atoms in total. The van der Waals surface area contributed by atoms with Crippen LogP contribution in [0.2, 0.25) is 0 Å². The summed E-state index contributed by atoms with van der Waals surface area (Å²) < 4.78 is 5.97. The molecule has 1 heterocycles. The molecule has 2 aromatic rings. The third kappa shape index (κ3) is 6.24. The summed E-state index contributed by atoms with van der Waals surface area (Å²) in [6.07, 6.45) is 1.62. The van der Waals surface area contributed by atoms with E-state index in [2.05, 4.69) is 40.7 Å². The van der Waals surface area contributed by atoms with Crippen LogP contribution < -0.4 is 15.4 Å². The van der Waals surface area contributed by atoms with Gasteiger partial charge in [-0.1, -0.05) is 36.4 Å². The first kappa shape index (κ1) is 21.7. The fourth-order valence-electron chi connectivity index (χ4n) is 3.56. The van der Waals surface area contributed by atoms with Gasteiger partial charge in [0.1, 0.15) is 11.9 Å². The highest BCUT2D eigenvalue weighted by atomic mass is 16.5. The Balaban J connectivity index is 1.50. The van der Waals surface area contributed by atoms with Gasteiger partial charge < -0.3 is 20.3 Å². The summed E-state index contributed by atoms with van der Waals surface area (Å²) in [5.41, 5.74) is 3.52. The first-order valence-corrected chi connectivity index (χ1v) is 10.6. The molecule has 1 aliphatic rings. The van der Waals surface area contributed by atoms with Gasteiger partial charge in [-0.3, -0.25) is 9.79 Å². The fourth-order valence-corrected chi connectivity index (χ4v) is 3.56. The second-order valence-corrected chi connectivity index (χ2v) is 7.74. The SMILES string of the molecule is CN=C(NCc1ccccc1CN1CCCC1=O)NCC(C)Oc1cccc(C)c1.